The van der Waals surface area contributed by atoms with Gasteiger partial charge in [-0.25, -0.2) is 4.79 Å². The van der Waals surface area contributed by atoms with Crippen LogP contribution in [-0.2, 0) is 0 Å². The average molecular weight is 315 g/mol. The maximum atomic E-state index is 12.4. The molecule has 0 radical (unpaired) electrons. The van der Waals surface area contributed by atoms with E-state index in [9.17, 15) is 14.4 Å². The van der Waals surface area contributed by atoms with Gasteiger partial charge in [-0.15, -0.1) is 0 Å². The molecular weight excluding hydrogens is 294 g/mol. The van der Waals surface area contributed by atoms with Gasteiger partial charge in [-0.1, -0.05) is 6.92 Å². The number of carbonyl (C=O) groups excluding carboxylic acids is 1. The lowest BCUT2D eigenvalue weighted by Crippen LogP contribution is -2.36. The van der Waals surface area contributed by atoms with Crippen LogP contribution in [-0.4, -0.2) is 22.0 Å². The highest BCUT2D eigenvalue weighted by Gasteiger charge is 2.32. The fraction of sp³-hybridized carbons (Fsp3) is 0.471. The van der Waals surface area contributed by atoms with Crippen molar-refractivity contribution in [1.29, 1.82) is 0 Å². The molecular formula is C17H21N3O3. The van der Waals surface area contributed by atoms with Crippen molar-refractivity contribution in [3.63, 3.8) is 0 Å². The minimum Gasteiger partial charge on any atom is -0.352 e. The monoisotopic (exact) mass is 315 g/mol. The van der Waals surface area contributed by atoms with Crippen molar-refractivity contribution in [2.24, 2.45) is 11.8 Å². The number of carbonyl (C=O) groups is 1. The van der Waals surface area contributed by atoms with Crippen LogP contribution in [0.1, 0.15) is 43.6 Å². The van der Waals surface area contributed by atoms with Crippen molar-refractivity contribution in [2.45, 2.75) is 33.2 Å². The van der Waals surface area contributed by atoms with Crippen LogP contribution in [0.3, 0.4) is 0 Å². The predicted octanol–water partition coefficient (Wildman–Crippen LogP) is 1.66. The van der Waals surface area contributed by atoms with Gasteiger partial charge in [0.1, 0.15) is 0 Å². The summed E-state index contributed by atoms with van der Waals surface area (Å²) >= 11 is 0. The van der Waals surface area contributed by atoms with E-state index in [1.54, 1.807) is 32.0 Å². The van der Waals surface area contributed by atoms with Crippen molar-refractivity contribution < 1.29 is 4.79 Å². The van der Waals surface area contributed by atoms with Gasteiger partial charge in [0.2, 0.25) is 0 Å². The molecule has 23 heavy (non-hydrogen) atoms. The molecule has 6 heteroatoms. The van der Waals surface area contributed by atoms with Crippen molar-refractivity contribution in [3.05, 3.63) is 44.6 Å². The molecule has 1 aliphatic carbocycles. The van der Waals surface area contributed by atoms with Crippen LogP contribution in [0.15, 0.2) is 27.8 Å². The van der Waals surface area contributed by atoms with E-state index in [4.69, 9.17) is 0 Å². The third kappa shape index (κ3) is 2.93. The van der Waals surface area contributed by atoms with Crippen LogP contribution in [0.5, 0.6) is 0 Å². The van der Waals surface area contributed by atoms with Crippen LogP contribution < -0.4 is 16.6 Å². The topological polar surface area (TPSA) is 84.0 Å². The van der Waals surface area contributed by atoms with Gasteiger partial charge in [0, 0.05) is 18.2 Å². The summed E-state index contributed by atoms with van der Waals surface area (Å²) in [6.45, 7) is 6.40. The van der Waals surface area contributed by atoms with E-state index < -0.39 is 5.69 Å². The molecule has 1 aliphatic rings. The van der Waals surface area contributed by atoms with Crippen molar-refractivity contribution in [1.82, 2.24) is 14.9 Å². The molecule has 0 aliphatic heterocycles. The number of fused-ring (bicyclic) bond motifs is 1. The lowest BCUT2D eigenvalue weighted by molar-refractivity contribution is 0.0951. The number of nitrogens with zero attached hydrogens (tertiary/aromatic N) is 1. The Morgan fingerprint density at radius 2 is 2.09 bits per heavy atom. The smallest absolute Gasteiger partial charge is 0.329 e. The third-order valence-electron chi connectivity index (χ3n) is 4.51. The largest absolute Gasteiger partial charge is 0.352 e. The van der Waals surface area contributed by atoms with Crippen molar-refractivity contribution in [2.75, 3.05) is 6.54 Å². The lowest BCUT2D eigenvalue weighted by Gasteiger charge is -2.10. The van der Waals surface area contributed by atoms with Gasteiger partial charge in [0.25, 0.3) is 11.5 Å². The molecule has 0 saturated heterocycles. The first-order chi connectivity index (χ1) is 10.9. The Hall–Kier alpha value is -2.37. The molecule has 1 aromatic carbocycles. The van der Waals surface area contributed by atoms with Crippen LogP contribution in [0.25, 0.3) is 10.9 Å². The van der Waals surface area contributed by atoms with Gasteiger partial charge in [-0.2, -0.15) is 0 Å². The number of aromatic nitrogens is 2. The fourth-order valence-corrected chi connectivity index (χ4v) is 2.85. The summed E-state index contributed by atoms with van der Waals surface area (Å²) in [5, 5.41) is 3.31. The van der Waals surface area contributed by atoms with E-state index in [0.29, 0.717) is 34.8 Å². The second kappa shape index (κ2) is 5.68. The number of hydrogen-bond donors (Lipinski definition) is 2. The first kappa shape index (κ1) is 15.5. The molecule has 1 fully saturated rings. The Bertz CT molecular complexity index is 879. The molecule has 1 saturated carbocycles. The summed E-state index contributed by atoms with van der Waals surface area (Å²) in [7, 11) is 0. The molecule has 122 valence electrons. The van der Waals surface area contributed by atoms with Crippen LogP contribution >= 0.6 is 0 Å². The van der Waals surface area contributed by atoms with E-state index >= 15 is 0 Å². The van der Waals surface area contributed by atoms with E-state index in [1.165, 1.54) is 4.57 Å². The van der Waals surface area contributed by atoms with Gasteiger partial charge in [-0.3, -0.25) is 14.2 Å². The number of hydrogen-bond acceptors (Lipinski definition) is 3. The second-order valence-electron chi connectivity index (χ2n) is 6.64. The quantitative estimate of drug-likeness (QED) is 0.900. The van der Waals surface area contributed by atoms with E-state index in [2.05, 4.69) is 17.2 Å². The predicted molar refractivity (Wildman–Crippen MR) is 88.8 cm³/mol. The highest BCUT2D eigenvalue weighted by molar-refractivity contribution is 5.97. The zero-order chi connectivity index (χ0) is 16.7. The Kier molecular flexibility index (Phi) is 3.83. The molecule has 3 rings (SSSR count). The molecule has 1 aromatic heterocycles. The summed E-state index contributed by atoms with van der Waals surface area (Å²) in [4.78, 5) is 39.3. The number of amides is 1. The molecule has 0 unspecified atom stereocenters. The Labute approximate surface area is 133 Å². The van der Waals surface area contributed by atoms with Gasteiger partial charge in [0.05, 0.1) is 10.9 Å². The molecule has 0 bridgehead atoms. The van der Waals surface area contributed by atoms with Gasteiger partial charge in [0.15, 0.2) is 0 Å². The molecule has 1 amide bonds. The van der Waals surface area contributed by atoms with Gasteiger partial charge >= 0.3 is 5.69 Å². The molecule has 0 spiro atoms. The summed E-state index contributed by atoms with van der Waals surface area (Å²) < 4.78 is 1.18. The maximum Gasteiger partial charge on any atom is 0.329 e. The molecule has 1 heterocycles. The molecule has 2 aromatic rings. The number of nitrogens with one attached hydrogen (secondary N) is 2. The summed E-state index contributed by atoms with van der Waals surface area (Å²) in [5.74, 6) is 1.06. The van der Waals surface area contributed by atoms with Gasteiger partial charge < -0.3 is 10.3 Å². The van der Waals surface area contributed by atoms with Crippen LogP contribution in [0, 0.1) is 11.8 Å². The number of H-pyrrole nitrogens is 1. The first-order valence-corrected chi connectivity index (χ1v) is 7.95. The van der Waals surface area contributed by atoms with Crippen molar-refractivity contribution >= 4 is 16.8 Å². The maximum absolute atomic E-state index is 12.4. The lowest BCUT2D eigenvalue weighted by atomic mass is 10.1. The van der Waals surface area contributed by atoms with E-state index in [-0.39, 0.29) is 17.5 Å². The Morgan fingerprint density at radius 3 is 2.70 bits per heavy atom. The third-order valence-corrected chi connectivity index (χ3v) is 4.51. The number of benzene rings is 1. The fourth-order valence-electron chi connectivity index (χ4n) is 2.85. The van der Waals surface area contributed by atoms with Crippen LogP contribution in [0.2, 0.25) is 0 Å². The van der Waals surface area contributed by atoms with E-state index in [0.717, 1.165) is 6.42 Å². The van der Waals surface area contributed by atoms with Gasteiger partial charge in [-0.05, 0) is 50.3 Å². The Morgan fingerprint density at radius 1 is 1.39 bits per heavy atom. The Balaban J connectivity index is 1.93. The zero-order valence-electron chi connectivity index (χ0n) is 13.6. The number of aromatic amines is 1. The normalized spacial score (nSPS) is 20.0. The number of rotatable bonds is 4. The van der Waals surface area contributed by atoms with Crippen molar-refractivity contribution in [3.8, 4) is 0 Å². The summed E-state index contributed by atoms with van der Waals surface area (Å²) in [6.07, 6.45) is 1.15. The minimum atomic E-state index is -0.457. The van der Waals surface area contributed by atoms with E-state index in [1.807, 2.05) is 0 Å². The average Bonchev–Trinajstić information content (AvgIpc) is 3.19. The SMILES string of the molecule is CC(C)n1c(=O)[nH]c2cc(C(=O)NC[C@@H]3C[C@@H]3C)ccc2c1=O. The molecule has 6 nitrogen and oxygen atoms in total. The minimum absolute atomic E-state index is 0.181. The highest BCUT2D eigenvalue weighted by atomic mass is 16.2. The summed E-state index contributed by atoms with van der Waals surface area (Å²) in [5.41, 5.74) is 0.0480. The molecule has 2 atom stereocenters. The zero-order valence-corrected chi connectivity index (χ0v) is 13.6. The first-order valence-electron chi connectivity index (χ1n) is 7.95. The second-order valence-corrected chi connectivity index (χ2v) is 6.64. The standard InChI is InChI=1S/C17H21N3O3/c1-9(2)20-16(22)13-5-4-11(7-14(13)19-17(20)23)15(21)18-8-12-6-10(12)3/h4-5,7,9-10,12H,6,8H2,1-3H3,(H,18,21)(H,19,23)/t10-,12-/m0/s1. The highest BCUT2D eigenvalue weighted by Crippen LogP contribution is 2.36. The molecule has 2 N–H and O–H groups in total. The van der Waals surface area contributed by atoms with Crippen LogP contribution in [0.4, 0.5) is 0 Å². The summed E-state index contributed by atoms with van der Waals surface area (Å²) in [6, 6.07) is 4.56.